The van der Waals surface area contributed by atoms with Gasteiger partial charge in [-0.05, 0) is 38.1 Å². The van der Waals surface area contributed by atoms with Crippen molar-refractivity contribution < 1.29 is 9.50 Å². The minimum absolute atomic E-state index is 0.0194. The van der Waals surface area contributed by atoms with Gasteiger partial charge in [0.05, 0.1) is 6.61 Å². The van der Waals surface area contributed by atoms with Crippen LogP contribution in [-0.2, 0) is 6.61 Å². The summed E-state index contributed by atoms with van der Waals surface area (Å²) in [7, 11) is 0. The number of halogens is 1. The van der Waals surface area contributed by atoms with Gasteiger partial charge in [-0.15, -0.1) is 0 Å². The maximum Gasteiger partial charge on any atom is 0.123 e. The van der Waals surface area contributed by atoms with Gasteiger partial charge >= 0.3 is 0 Å². The van der Waals surface area contributed by atoms with E-state index in [0.717, 1.165) is 16.6 Å². The third-order valence-electron chi connectivity index (χ3n) is 2.56. The standard InChI is InChI=1S/C12H14FNO/c1-8(2)14-11(7-15)6-9-5-10(13)3-4-12(9)14/h3-6,8,15H,7H2,1-2H3. The summed E-state index contributed by atoms with van der Waals surface area (Å²) in [4.78, 5) is 0. The summed E-state index contributed by atoms with van der Waals surface area (Å²) in [5, 5.41) is 10.1. The number of aliphatic hydroxyl groups excluding tert-OH is 1. The summed E-state index contributed by atoms with van der Waals surface area (Å²) < 4.78 is 15.0. The lowest BCUT2D eigenvalue weighted by Gasteiger charge is -2.13. The lowest BCUT2D eigenvalue weighted by atomic mass is 10.2. The molecule has 0 radical (unpaired) electrons. The van der Waals surface area contributed by atoms with Gasteiger partial charge in [0, 0.05) is 22.6 Å². The Labute approximate surface area is 88.0 Å². The number of aromatic nitrogens is 1. The van der Waals surface area contributed by atoms with Gasteiger partial charge in [-0.2, -0.15) is 0 Å². The molecule has 0 atom stereocenters. The van der Waals surface area contributed by atoms with Gasteiger partial charge in [0.15, 0.2) is 0 Å². The minimum atomic E-state index is -0.243. The summed E-state index contributed by atoms with van der Waals surface area (Å²) in [5.74, 6) is -0.243. The maximum absolute atomic E-state index is 13.0. The van der Waals surface area contributed by atoms with Crippen molar-refractivity contribution in [3.63, 3.8) is 0 Å². The maximum atomic E-state index is 13.0. The fourth-order valence-electron chi connectivity index (χ4n) is 2.00. The Morgan fingerprint density at radius 2 is 2.07 bits per heavy atom. The first-order valence-corrected chi connectivity index (χ1v) is 5.03. The third-order valence-corrected chi connectivity index (χ3v) is 2.56. The first kappa shape index (κ1) is 10.2. The van der Waals surface area contributed by atoms with Crippen LogP contribution in [0.3, 0.4) is 0 Å². The number of nitrogens with zero attached hydrogens (tertiary/aromatic N) is 1. The van der Waals surface area contributed by atoms with Gasteiger partial charge in [-0.3, -0.25) is 0 Å². The van der Waals surface area contributed by atoms with Crippen molar-refractivity contribution in [1.82, 2.24) is 4.57 Å². The number of benzene rings is 1. The molecule has 1 aromatic carbocycles. The largest absolute Gasteiger partial charge is 0.390 e. The lowest BCUT2D eigenvalue weighted by Crippen LogP contribution is -2.04. The summed E-state index contributed by atoms with van der Waals surface area (Å²) >= 11 is 0. The molecule has 15 heavy (non-hydrogen) atoms. The predicted molar refractivity (Wildman–Crippen MR) is 58.2 cm³/mol. The van der Waals surface area contributed by atoms with Crippen molar-refractivity contribution in [3.8, 4) is 0 Å². The zero-order chi connectivity index (χ0) is 11.0. The molecule has 0 saturated heterocycles. The van der Waals surface area contributed by atoms with E-state index < -0.39 is 0 Å². The molecule has 1 aromatic heterocycles. The van der Waals surface area contributed by atoms with E-state index in [9.17, 15) is 9.50 Å². The molecule has 0 aliphatic carbocycles. The van der Waals surface area contributed by atoms with Crippen LogP contribution in [-0.4, -0.2) is 9.67 Å². The molecule has 0 aliphatic heterocycles. The SMILES string of the molecule is CC(C)n1c(CO)cc2cc(F)ccc21. The van der Waals surface area contributed by atoms with E-state index in [2.05, 4.69) is 0 Å². The second kappa shape index (κ2) is 3.66. The Morgan fingerprint density at radius 1 is 1.33 bits per heavy atom. The van der Waals surface area contributed by atoms with Crippen molar-refractivity contribution in [3.05, 3.63) is 35.8 Å². The average molecular weight is 207 g/mol. The van der Waals surface area contributed by atoms with Crippen LogP contribution in [0.15, 0.2) is 24.3 Å². The molecule has 0 aliphatic rings. The van der Waals surface area contributed by atoms with Crippen LogP contribution < -0.4 is 0 Å². The van der Waals surface area contributed by atoms with Gasteiger partial charge in [0.2, 0.25) is 0 Å². The molecule has 0 saturated carbocycles. The Hall–Kier alpha value is -1.35. The van der Waals surface area contributed by atoms with E-state index in [1.807, 2.05) is 24.5 Å². The Bertz CT molecular complexity index is 488. The molecule has 0 amide bonds. The second-order valence-electron chi connectivity index (χ2n) is 3.96. The number of aliphatic hydroxyl groups is 1. The van der Waals surface area contributed by atoms with Crippen LogP contribution in [0.25, 0.3) is 10.9 Å². The molecule has 1 heterocycles. The van der Waals surface area contributed by atoms with E-state index in [0.29, 0.717) is 0 Å². The van der Waals surface area contributed by atoms with Crippen LogP contribution in [0.2, 0.25) is 0 Å². The second-order valence-corrected chi connectivity index (χ2v) is 3.96. The number of fused-ring (bicyclic) bond motifs is 1. The highest BCUT2D eigenvalue weighted by atomic mass is 19.1. The average Bonchev–Trinajstić information content (AvgIpc) is 2.54. The highest BCUT2D eigenvalue weighted by Gasteiger charge is 2.10. The molecule has 0 fully saturated rings. The number of hydrogen-bond donors (Lipinski definition) is 1. The molecule has 0 unspecified atom stereocenters. The smallest absolute Gasteiger partial charge is 0.123 e. The quantitative estimate of drug-likeness (QED) is 0.804. The van der Waals surface area contributed by atoms with Crippen LogP contribution >= 0.6 is 0 Å². The Morgan fingerprint density at radius 3 is 2.67 bits per heavy atom. The fourth-order valence-corrected chi connectivity index (χ4v) is 2.00. The van der Waals surface area contributed by atoms with Crippen molar-refractivity contribution in [1.29, 1.82) is 0 Å². The lowest BCUT2D eigenvalue weighted by molar-refractivity contribution is 0.269. The molecule has 3 heteroatoms. The first-order chi connectivity index (χ1) is 7.13. The molecular weight excluding hydrogens is 193 g/mol. The van der Waals surface area contributed by atoms with E-state index >= 15 is 0 Å². The normalized spacial score (nSPS) is 11.5. The molecule has 0 spiro atoms. The van der Waals surface area contributed by atoms with Gasteiger partial charge in [0.1, 0.15) is 5.82 Å². The molecule has 2 aromatic rings. The zero-order valence-electron chi connectivity index (χ0n) is 8.87. The van der Waals surface area contributed by atoms with Crippen molar-refractivity contribution in [2.45, 2.75) is 26.5 Å². The van der Waals surface area contributed by atoms with Crippen molar-refractivity contribution in [2.75, 3.05) is 0 Å². The molecular formula is C12H14FNO. The summed E-state index contributed by atoms with van der Waals surface area (Å²) in [6.45, 7) is 4.07. The van der Waals surface area contributed by atoms with Gasteiger partial charge in [-0.1, -0.05) is 0 Å². The monoisotopic (exact) mass is 207 g/mol. The van der Waals surface area contributed by atoms with E-state index in [1.54, 1.807) is 6.07 Å². The van der Waals surface area contributed by atoms with Gasteiger partial charge < -0.3 is 9.67 Å². The molecule has 2 rings (SSSR count). The molecule has 80 valence electrons. The topological polar surface area (TPSA) is 25.2 Å². The van der Waals surface area contributed by atoms with E-state index in [1.165, 1.54) is 12.1 Å². The number of hydrogen-bond acceptors (Lipinski definition) is 1. The first-order valence-electron chi connectivity index (χ1n) is 5.03. The van der Waals surface area contributed by atoms with Gasteiger partial charge in [0.25, 0.3) is 0 Å². The van der Waals surface area contributed by atoms with Crippen molar-refractivity contribution >= 4 is 10.9 Å². The van der Waals surface area contributed by atoms with Crippen LogP contribution in [0.4, 0.5) is 4.39 Å². The Balaban J connectivity index is 2.74. The zero-order valence-corrected chi connectivity index (χ0v) is 8.87. The predicted octanol–water partition coefficient (Wildman–Crippen LogP) is 2.85. The fraction of sp³-hybridized carbons (Fsp3) is 0.333. The van der Waals surface area contributed by atoms with Gasteiger partial charge in [-0.25, -0.2) is 4.39 Å². The summed E-state index contributed by atoms with van der Waals surface area (Å²) in [6.07, 6.45) is 0. The molecule has 1 N–H and O–H groups in total. The summed E-state index contributed by atoms with van der Waals surface area (Å²) in [5.41, 5.74) is 1.79. The van der Waals surface area contributed by atoms with Crippen LogP contribution in [0, 0.1) is 5.82 Å². The van der Waals surface area contributed by atoms with E-state index in [4.69, 9.17) is 0 Å². The summed E-state index contributed by atoms with van der Waals surface area (Å²) in [6, 6.07) is 6.79. The molecule has 2 nitrogen and oxygen atoms in total. The number of rotatable bonds is 2. The van der Waals surface area contributed by atoms with Crippen LogP contribution in [0.1, 0.15) is 25.6 Å². The van der Waals surface area contributed by atoms with Crippen molar-refractivity contribution in [2.24, 2.45) is 0 Å². The Kier molecular flexibility index (Phi) is 2.49. The highest BCUT2D eigenvalue weighted by molar-refractivity contribution is 5.81. The minimum Gasteiger partial charge on any atom is -0.390 e. The third kappa shape index (κ3) is 1.63. The van der Waals surface area contributed by atoms with E-state index in [-0.39, 0.29) is 18.5 Å². The highest BCUT2D eigenvalue weighted by Crippen LogP contribution is 2.24. The molecule has 0 bridgehead atoms. The van der Waals surface area contributed by atoms with Crippen LogP contribution in [0.5, 0.6) is 0 Å².